The van der Waals surface area contributed by atoms with Gasteiger partial charge in [0.1, 0.15) is 0 Å². The predicted molar refractivity (Wildman–Crippen MR) is 107 cm³/mol. The van der Waals surface area contributed by atoms with Crippen LogP contribution >= 0.6 is 11.8 Å². The SMILES string of the molecule is CCc1cc(N(C)C)cc2c1N=C1C(=CC(N(C)C)=CC1CC)S2. The van der Waals surface area contributed by atoms with Gasteiger partial charge in [-0.1, -0.05) is 31.7 Å². The molecule has 4 heteroatoms. The lowest BCUT2D eigenvalue weighted by Gasteiger charge is -2.30. The summed E-state index contributed by atoms with van der Waals surface area (Å²) in [5.74, 6) is 0.404. The molecular formula is C20H27N3S. The zero-order valence-corrected chi connectivity index (χ0v) is 16.4. The first-order valence-electron chi connectivity index (χ1n) is 8.66. The van der Waals surface area contributed by atoms with Crippen molar-refractivity contribution in [3.8, 4) is 0 Å². The van der Waals surface area contributed by atoms with Crippen molar-refractivity contribution in [1.82, 2.24) is 4.90 Å². The maximum absolute atomic E-state index is 5.13. The smallest absolute Gasteiger partial charge is 0.0806 e. The van der Waals surface area contributed by atoms with Crippen molar-refractivity contribution in [3.63, 3.8) is 0 Å². The Kier molecular flexibility index (Phi) is 4.77. The van der Waals surface area contributed by atoms with E-state index in [-0.39, 0.29) is 0 Å². The molecule has 1 aliphatic heterocycles. The Morgan fingerprint density at radius 2 is 1.83 bits per heavy atom. The minimum Gasteiger partial charge on any atom is -0.378 e. The van der Waals surface area contributed by atoms with E-state index >= 15 is 0 Å². The quantitative estimate of drug-likeness (QED) is 0.779. The molecule has 3 nitrogen and oxygen atoms in total. The lowest BCUT2D eigenvalue weighted by atomic mass is 9.93. The van der Waals surface area contributed by atoms with Gasteiger partial charge in [0.25, 0.3) is 0 Å². The molecule has 3 rings (SSSR count). The summed E-state index contributed by atoms with van der Waals surface area (Å²) in [6.45, 7) is 4.46. The van der Waals surface area contributed by atoms with Crippen LogP contribution in [0.2, 0.25) is 0 Å². The summed E-state index contributed by atoms with van der Waals surface area (Å²) in [4.78, 5) is 12.1. The van der Waals surface area contributed by atoms with Crippen molar-refractivity contribution in [2.24, 2.45) is 10.9 Å². The summed E-state index contributed by atoms with van der Waals surface area (Å²) in [6.07, 6.45) is 6.73. The number of benzene rings is 1. The second kappa shape index (κ2) is 6.67. The highest BCUT2D eigenvalue weighted by molar-refractivity contribution is 8.04. The molecule has 0 saturated heterocycles. The van der Waals surface area contributed by atoms with Crippen LogP contribution in [0.5, 0.6) is 0 Å². The molecule has 128 valence electrons. The molecule has 1 unspecified atom stereocenters. The minimum absolute atomic E-state index is 0.404. The first-order valence-corrected chi connectivity index (χ1v) is 9.48. The molecule has 1 aromatic carbocycles. The maximum Gasteiger partial charge on any atom is 0.0806 e. The van der Waals surface area contributed by atoms with Crippen molar-refractivity contribution in [2.45, 2.75) is 31.6 Å². The molecule has 0 bridgehead atoms. The van der Waals surface area contributed by atoms with Gasteiger partial charge in [0.2, 0.25) is 0 Å². The molecule has 2 aliphatic rings. The number of thioether (sulfide) groups is 1. The first kappa shape index (κ1) is 17.2. The van der Waals surface area contributed by atoms with Crippen LogP contribution in [0.25, 0.3) is 0 Å². The van der Waals surface area contributed by atoms with Gasteiger partial charge in [-0.2, -0.15) is 0 Å². The second-order valence-corrected chi connectivity index (χ2v) is 7.89. The number of aryl methyl sites for hydroxylation is 1. The van der Waals surface area contributed by atoms with E-state index in [0.29, 0.717) is 5.92 Å². The van der Waals surface area contributed by atoms with Crippen LogP contribution in [0.4, 0.5) is 11.4 Å². The Bertz CT molecular complexity index is 741. The fourth-order valence-corrected chi connectivity index (χ4v) is 4.33. The largest absolute Gasteiger partial charge is 0.378 e. The predicted octanol–water partition coefficient (Wildman–Crippen LogP) is 4.86. The van der Waals surface area contributed by atoms with E-state index in [9.17, 15) is 0 Å². The molecule has 0 aromatic heterocycles. The summed E-state index contributed by atoms with van der Waals surface area (Å²) in [6, 6.07) is 4.55. The van der Waals surface area contributed by atoms with E-state index in [1.54, 1.807) is 0 Å². The monoisotopic (exact) mass is 341 g/mol. The van der Waals surface area contributed by atoms with E-state index in [0.717, 1.165) is 12.8 Å². The van der Waals surface area contributed by atoms with Crippen LogP contribution in [0.1, 0.15) is 25.8 Å². The number of hydrogen-bond acceptors (Lipinski definition) is 4. The molecule has 1 atom stereocenters. The molecule has 0 radical (unpaired) electrons. The van der Waals surface area contributed by atoms with Crippen LogP contribution in [-0.4, -0.2) is 38.8 Å². The van der Waals surface area contributed by atoms with Crippen molar-refractivity contribution in [3.05, 3.63) is 40.5 Å². The Morgan fingerprint density at radius 3 is 2.42 bits per heavy atom. The Morgan fingerprint density at radius 1 is 1.08 bits per heavy atom. The van der Waals surface area contributed by atoms with E-state index in [4.69, 9.17) is 4.99 Å². The van der Waals surface area contributed by atoms with Crippen LogP contribution in [0, 0.1) is 5.92 Å². The van der Waals surface area contributed by atoms with Gasteiger partial charge in [0.15, 0.2) is 0 Å². The number of hydrogen-bond donors (Lipinski definition) is 0. The normalized spacial score (nSPS) is 18.9. The van der Waals surface area contributed by atoms with Gasteiger partial charge in [0, 0.05) is 55.3 Å². The van der Waals surface area contributed by atoms with E-state index in [2.05, 4.69) is 76.1 Å². The summed E-state index contributed by atoms with van der Waals surface area (Å²) in [5.41, 5.74) is 6.30. The molecule has 24 heavy (non-hydrogen) atoms. The number of fused-ring (bicyclic) bond motifs is 2. The number of allylic oxidation sites excluding steroid dienone is 3. The van der Waals surface area contributed by atoms with Gasteiger partial charge in [-0.25, -0.2) is 0 Å². The molecule has 0 amide bonds. The van der Waals surface area contributed by atoms with Gasteiger partial charge in [-0.05, 0) is 36.6 Å². The van der Waals surface area contributed by atoms with Crippen molar-refractivity contribution >= 4 is 28.8 Å². The lowest BCUT2D eigenvalue weighted by Crippen LogP contribution is -2.23. The first-order chi connectivity index (χ1) is 11.4. The molecule has 0 spiro atoms. The highest BCUT2D eigenvalue weighted by Crippen LogP contribution is 2.47. The van der Waals surface area contributed by atoms with Crippen molar-refractivity contribution in [2.75, 3.05) is 33.1 Å². The van der Waals surface area contributed by atoms with Gasteiger partial charge >= 0.3 is 0 Å². The fraction of sp³-hybridized carbons (Fsp3) is 0.450. The third kappa shape index (κ3) is 3.00. The van der Waals surface area contributed by atoms with Gasteiger partial charge in [-0.15, -0.1) is 0 Å². The van der Waals surface area contributed by atoms with Crippen LogP contribution in [0.15, 0.2) is 44.8 Å². The lowest BCUT2D eigenvalue weighted by molar-refractivity contribution is 0.521. The number of likely N-dealkylation sites (N-methyl/N-ethyl adjacent to an activating group) is 1. The van der Waals surface area contributed by atoms with E-state index in [1.165, 1.54) is 38.1 Å². The highest BCUT2D eigenvalue weighted by Gasteiger charge is 2.28. The number of aliphatic imine (C=N–C) groups is 1. The summed E-state index contributed by atoms with van der Waals surface area (Å²) in [7, 11) is 8.42. The zero-order chi connectivity index (χ0) is 17.4. The van der Waals surface area contributed by atoms with Crippen LogP contribution in [-0.2, 0) is 6.42 Å². The van der Waals surface area contributed by atoms with Crippen molar-refractivity contribution < 1.29 is 0 Å². The zero-order valence-electron chi connectivity index (χ0n) is 15.6. The minimum atomic E-state index is 0.404. The van der Waals surface area contributed by atoms with E-state index < -0.39 is 0 Å². The molecular weight excluding hydrogens is 314 g/mol. The summed E-state index contributed by atoms with van der Waals surface area (Å²) >= 11 is 1.88. The number of anilines is 1. The topological polar surface area (TPSA) is 18.8 Å². The molecule has 1 aliphatic carbocycles. The highest BCUT2D eigenvalue weighted by atomic mass is 32.2. The third-order valence-corrected chi connectivity index (χ3v) is 5.78. The fourth-order valence-electron chi connectivity index (χ4n) is 3.15. The summed E-state index contributed by atoms with van der Waals surface area (Å²) in [5, 5.41) is 0. The Balaban J connectivity index is 2.13. The third-order valence-electron chi connectivity index (χ3n) is 4.70. The second-order valence-electron chi connectivity index (χ2n) is 6.81. The number of nitrogens with zero attached hydrogens (tertiary/aromatic N) is 3. The standard InChI is InChI=1S/C20H27N3S/c1-7-13-9-15(22(3)4)11-17-19(13)21-20-14(8-2)10-16(23(5)6)12-18(20)24-17/h9-13H,7-8H2,1-6H3. The van der Waals surface area contributed by atoms with Crippen LogP contribution in [0.3, 0.4) is 0 Å². The molecule has 0 saturated carbocycles. The number of rotatable bonds is 4. The molecule has 1 aromatic rings. The maximum atomic E-state index is 5.13. The average Bonchev–Trinajstić information content (AvgIpc) is 2.57. The Hall–Kier alpha value is -1.68. The van der Waals surface area contributed by atoms with Crippen LogP contribution < -0.4 is 4.90 Å². The van der Waals surface area contributed by atoms with Gasteiger partial charge < -0.3 is 9.80 Å². The molecule has 0 fully saturated rings. The average molecular weight is 342 g/mol. The van der Waals surface area contributed by atoms with Gasteiger partial charge in [0.05, 0.1) is 11.4 Å². The van der Waals surface area contributed by atoms with E-state index in [1.807, 2.05) is 11.8 Å². The summed E-state index contributed by atoms with van der Waals surface area (Å²) < 4.78 is 0. The Labute approximate surface area is 150 Å². The molecule has 1 heterocycles. The molecule has 0 N–H and O–H groups in total. The van der Waals surface area contributed by atoms with Gasteiger partial charge in [-0.3, -0.25) is 4.99 Å². The van der Waals surface area contributed by atoms with Crippen molar-refractivity contribution in [1.29, 1.82) is 0 Å².